The number of anilines is 1. The summed E-state index contributed by atoms with van der Waals surface area (Å²) in [7, 11) is -3.46. The Hall–Kier alpha value is -2.91. The number of sulfone groups is 1. The third kappa shape index (κ3) is 4.26. The molecule has 0 bridgehead atoms. The molecule has 10 heteroatoms. The van der Waals surface area contributed by atoms with Crippen molar-refractivity contribution >= 4 is 49.9 Å². The molecule has 1 aromatic heterocycles. The molecule has 0 atom stereocenters. The van der Waals surface area contributed by atoms with E-state index in [9.17, 15) is 18.0 Å². The second kappa shape index (κ2) is 7.37. The summed E-state index contributed by atoms with van der Waals surface area (Å²) in [6.07, 6.45) is 1.04. The number of para-hydroxylation sites is 1. The van der Waals surface area contributed by atoms with Gasteiger partial charge in [0.1, 0.15) is 0 Å². The van der Waals surface area contributed by atoms with Gasteiger partial charge in [0.05, 0.1) is 21.1 Å². The third-order valence-electron chi connectivity index (χ3n) is 3.64. The predicted octanol–water partition coefficient (Wildman–Crippen LogP) is 2.42. The number of hydrogen-bond acceptors (Lipinski definition) is 6. The fourth-order valence-electron chi connectivity index (χ4n) is 2.34. The van der Waals surface area contributed by atoms with Gasteiger partial charge in [-0.2, -0.15) is 5.10 Å². The van der Waals surface area contributed by atoms with Crippen molar-refractivity contribution in [3.8, 4) is 0 Å². The van der Waals surface area contributed by atoms with Crippen molar-refractivity contribution in [1.82, 2.24) is 10.2 Å². The molecule has 2 N–H and O–H groups in total. The fraction of sp³-hybridized carbons (Fsp3) is 0.118. The maximum absolute atomic E-state index is 12.1. The summed E-state index contributed by atoms with van der Waals surface area (Å²) in [6.45, 7) is -0.584. The summed E-state index contributed by atoms with van der Waals surface area (Å²) >= 11 is 5.97. The van der Waals surface area contributed by atoms with Crippen LogP contribution < -0.4 is 5.32 Å². The summed E-state index contributed by atoms with van der Waals surface area (Å²) in [5.41, 5.74) is 0.833. The van der Waals surface area contributed by atoms with Gasteiger partial charge in [0.15, 0.2) is 22.1 Å². The van der Waals surface area contributed by atoms with Gasteiger partial charge in [-0.15, -0.1) is 0 Å². The van der Waals surface area contributed by atoms with Gasteiger partial charge in [0, 0.05) is 11.6 Å². The van der Waals surface area contributed by atoms with Crippen molar-refractivity contribution in [2.75, 3.05) is 18.2 Å². The van der Waals surface area contributed by atoms with Crippen LogP contribution in [0.5, 0.6) is 0 Å². The molecular weight excluding hydrogens is 394 g/mol. The molecule has 3 aromatic rings. The highest BCUT2D eigenvalue weighted by atomic mass is 35.5. The van der Waals surface area contributed by atoms with E-state index in [0.29, 0.717) is 10.9 Å². The van der Waals surface area contributed by atoms with Crippen LogP contribution in [-0.4, -0.2) is 43.4 Å². The second-order valence-electron chi connectivity index (χ2n) is 5.66. The highest BCUT2D eigenvalue weighted by Crippen LogP contribution is 2.25. The van der Waals surface area contributed by atoms with Crippen molar-refractivity contribution < 1.29 is 22.7 Å². The van der Waals surface area contributed by atoms with Gasteiger partial charge in [-0.25, -0.2) is 13.2 Å². The molecule has 0 unspecified atom stereocenters. The molecule has 2 aromatic carbocycles. The van der Waals surface area contributed by atoms with E-state index in [1.165, 1.54) is 18.2 Å². The lowest BCUT2D eigenvalue weighted by atomic mass is 10.2. The number of carbonyl (C=O) groups is 2. The second-order valence-corrected chi connectivity index (χ2v) is 8.08. The molecule has 0 radical (unpaired) electrons. The van der Waals surface area contributed by atoms with Crippen LogP contribution in [-0.2, 0) is 19.4 Å². The zero-order valence-electron chi connectivity index (χ0n) is 14.0. The monoisotopic (exact) mass is 407 g/mol. The molecule has 8 nitrogen and oxygen atoms in total. The number of aromatic amines is 1. The number of benzene rings is 2. The van der Waals surface area contributed by atoms with E-state index in [0.717, 1.165) is 6.26 Å². The first-order chi connectivity index (χ1) is 12.8. The largest absolute Gasteiger partial charge is 0.451 e. The van der Waals surface area contributed by atoms with Gasteiger partial charge in [0.2, 0.25) is 0 Å². The first-order valence-electron chi connectivity index (χ1n) is 7.65. The van der Waals surface area contributed by atoms with Crippen molar-refractivity contribution in [1.29, 1.82) is 0 Å². The number of ether oxygens (including phenoxy) is 1. The predicted molar refractivity (Wildman–Crippen MR) is 99.6 cm³/mol. The minimum absolute atomic E-state index is 0.00203. The van der Waals surface area contributed by atoms with Crippen molar-refractivity contribution in [3.63, 3.8) is 0 Å². The standard InChI is InChI=1S/C17H14ClN3O5S/c1-27(24,25)10-6-7-12(18)14(8-10)19-15(22)9-26-17(23)16-11-4-2-3-5-13(11)20-21-16/h2-8H,9H2,1H3,(H,19,22)(H,20,21). The number of nitrogens with one attached hydrogen (secondary N) is 2. The van der Waals surface area contributed by atoms with Crippen LogP contribution in [0, 0.1) is 0 Å². The Morgan fingerprint density at radius 3 is 2.70 bits per heavy atom. The molecule has 0 saturated heterocycles. The molecule has 3 rings (SSSR count). The van der Waals surface area contributed by atoms with E-state index in [4.69, 9.17) is 16.3 Å². The first kappa shape index (κ1) is 18.9. The van der Waals surface area contributed by atoms with Crippen LogP contribution in [0.4, 0.5) is 5.69 Å². The maximum atomic E-state index is 12.1. The van der Waals surface area contributed by atoms with Crippen LogP contribution in [0.15, 0.2) is 47.4 Å². The number of H-pyrrole nitrogens is 1. The summed E-state index contributed by atoms with van der Waals surface area (Å²) in [5, 5.41) is 9.74. The van der Waals surface area contributed by atoms with E-state index in [1.807, 2.05) is 0 Å². The molecule has 0 aliphatic heterocycles. The molecule has 0 saturated carbocycles. The lowest BCUT2D eigenvalue weighted by Crippen LogP contribution is -2.21. The average Bonchev–Trinajstić information content (AvgIpc) is 3.05. The molecule has 0 aliphatic rings. The summed E-state index contributed by atoms with van der Waals surface area (Å²) < 4.78 is 28.2. The maximum Gasteiger partial charge on any atom is 0.359 e. The number of carbonyl (C=O) groups excluding carboxylic acids is 2. The fourth-order valence-corrected chi connectivity index (χ4v) is 3.15. The Morgan fingerprint density at radius 2 is 1.96 bits per heavy atom. The topological polar surface area (TPSA) is 118 Å². The normalized spacial score (nSPS) is 11.3. The first-order valence-corrected chi connectivity index (χ1v) is 9.92. The Bertz CT molecular complexity index is 1140. The van der Waals surface area contributed by atoms with E-state index < -0.39 is 28.3 Å². The van der Waals surface area contributed by atoms with E-state index in [2.05, 4.69) is 15.5 Å². The van der Waals surface area contributed by atoms with Crippen LogP contribution in [0.2, 0.25) is 5.02 Å². The highest BCUT2D eigenvalue weighted by molar-refractivity contribution is 7.90. The zero-order chi connectivity index (χ0) is 19.6. The lowest BCUT2D eigenvalue weighted by Gasteiger charge is -2.09. The van der Waals surface area contributed by atoms with Crippen molar-refractivity contribution in [2.24, 2.45) is 0 Å². The third-order valence-corrected chi connectivity index (χ3v) is 5.08. The number of fused-ring (bicyclic) bond motifs is 1. The molecule has 0 fully saturated rings. The van der Waals surface area contributed by atoms with Gasteiger partial charge in [-0.3, -0.25) is 9.89 Å². The van der Waals surface area contributed by atoms with Gasteiger partial charge < -0.3 is 10.1 Å². The Labute approximate surface area is 159 Å². The minimum atomic E-state index is -3.46. The molecule has 0 spiro atoms. The number of halogens is 1. The number of nitrogens with zero attached hydrogens (tertiary/aromatic N) is 1. The summed E-state index contributed by atoms with van der Waals surface area (Å²) in [5.74, 6) is -1.44. The minimum Gasteiger partial charge on any atom is -0.451 e. The van der Waals surface area contributed by atoms with Gasteiger partial charge in [0.25, 0.3) is 5.91 Å². The lowest BCUT2D eigenvalue weighted by molar-refractivity contribution is -0.119. The quantitative estimate of drug-likeness (QED) is 0.627. The van der Waals surface area contributed by atoms with Crippen LogP contribution >= 0.6 is 11.6 Å². The Morgan fingerprint density at radius 1 is 1.22 bits per heavy atom. The molecule has 140 valence electrons. The molecule has 0 aliphatic carbocycles. The van der Waals surface area contributed by atoms with E-state index in [-0.39, 0.29) is 21.3 Å². The van der Waals surface area contributed by atoms with Crippen LogP contribution in [0.25, 0.3) is 10.9 Å². The summed E-state index contributed by atoms with van der Waals surface area (Å²) in [6, 6.07) is 10.9. The van der Waals surface area contributed by atoms with Gasteiger partial charge >= 0.3 is 5.97 Å². The Kier molecular flexibility index (Phi) is 5.15. The van der Waals surface area contributed by atoms with E-state index >= 15 is 0 Å². The number of amides is 1. The van der Waals surface area contributed by atoms with Crippen LogP contribution in [0.3, 0.4) is 0 Å². The number of esters is 1. The smallest absolute Gasteiger partial charge is 0.359 e. The van der Waals surface area contributed by atoms with Crippen LogP contribution in [0.1, 0.15) is 10.5 Å². The average molecular weight is 408 g/mol. The summed E-state index contributed by atoms with van der Waals surface area (Å²) in [4.78, 5) is 24.2. The van der Waals surface area contributed by atoms with Gasteiger partial charge in [-0.05, 0) is 24.3 Å². The van der Waals surface area contributed by atoms with E-state index in [1.54, 1.807) is 24.3 Å². The zero-order valence-corrected chi connectivity index (χ0v) is 15.6. The highest BCUT2D eigenvalue weighted by Gasteiger charge is 2.17. The molecule has 1 amide bonds. The Balaban J connectivity index is 1.67. The molecule has 27 heavy (non-hydrogen) atoms. The SMILES string of the molecule is CS(=O)(=O)c1ccc(Cl)c(NC(=O)COC(=O)c2n[nH]c3ccccc23)c1. The number of aromatic nitrogens is 2. The molecular formula is C17H14ClN3O5S. The van der Waals surface area contributed by atoms with Crippen molar-refractivity contribution in [3.05, 3.63) is 53.2 Å². The number of rotatable bonds is 5. The van der Waals surface area contributed by atoms with Crippen molar-refractivity contribution in [2.45, 2.75) is 4.90 Å². The molecule has 1 heterocycles. The number of hydrogen-bond donors (Lipinski definition) is 2. The van der Waals surface area contributed by atoms with Gasteiger partial charge in [-0.1, -0.05) is 29.8 Å².